The summed E-state index contributed by atoms with van der Waals surface area (Å²) < 4.78 is 6.48. The maximum atomic E-state index is 13.4. The summed E-state index contributed by atoms with van der Waals surface area (Å²) in [6.07, 6.45) is 0.609. The maximum absolute atomic E-state index is 13.4. The Bertz CT molecular complexity index is 1220. The summed E-state index contributed by atoms with van der Waals surface area (Å²) in [6.45, 7) is 0.730. The first-order valence-electron chi connectivity index (χ1n) is 11.3. The molecule has 0 N–H and O–H groups in total. The number of benzene rings is 4. The predicted molar refractivity (Wildman–Crippen MR) is 131 cm³/mol. The molecule has 4 aromatic rings. The van der Waals surface area contributed by atoms with E-state index in [9.17, 15) is 4.79 Å². The molecular formula is C30H27NO2. The summed E-state index contributed by atoms with van der Waals surface area (Å²) in [5.74, 6) is -0.269. The summed E-state index contributed by atoms with van der Waals surface area (Å²) in [7, 11) is 2.11. The second kappa shape index (κ2) is 9.05. The van der Waals surface area contributed by atoms with Crippen molar-refractivity contribution in [3.8, 4) is 0 Å². The van der Waals surface area contributed by atoms with Crippen molar-refractivity contribution in [3.05, 3.63) is 143 Å². The van der Waals surface area contributed by atoms with Gasteiger partial charge in [0.15, 0.2) is 5.60 Å². The van der Waals surface area contributed by atoms with Gasteiger partial charge < -0.3 is 4.74 Å². The fourth-order valence-corrected chi connectivity index (χ4v) is 5.08. The lowest BCUT2D eigenvalue weighted by Crippen LogP contribution is -2.49. The first-order chi connectivity index (χ1) is 16.2. The second-order valence-corrected chi connectivity index (χ2v) is 8.69. The van der Waals surface area contributed by atoms with Crippen LogP contribution in [0.25, 0.3) is 0 Å². The van der Waals surface area contributed by atoms with E-state index in [1.165, 1.54) is 5.56 Å². The third kappa shape index (κ3) is 4.08. The van der Waals surface area contributed by atoms with Crippen LogP contribution in [0.3, 0.4) is 0 Å². The molecule has 0 saturated carbocycles. The standard InChI is InChI=1S/C30H27NO2/c1-31(22-23-13-5-2-6-14-23)28(24-15-7-3-8-16-24)30(26-18-9-4-10-19-26)21-25-17-11-12-20-27(25)29(32)33-30/h2-20,28H,21-22H2,1H3/t28-,30+/m0/s1. The molecule has 1 aliphatic rings. The molecule has 0 spiro atoms. The molecule has 5 rings (SSSR count). The van der Waals surface area contributed by atoms with Crippen molar-refractivity contribution in [1.82, 2.24) is 4.90 Å². The molecule has 1 heterocycles. The molecule has 164 valence electrons. The molecule has 0 aromatic heterocycles. The molecular weight excluding hydrogens is 406 g/mol. The summed E-state index contributed by atoms with van der Waals surface area (Å²) in [4.78, 5) is 15.7. The van der Waals surface area contributed by atoms with Crippen LogP contribution in [0.1, 0.15) is 38.7 Å². The van der Waals surface area contributed by atoms with Crippen LogP contribution in [-0.4, -0.2) is 17.9 Å². The van der Waals surface area contributed by atoms with E-state index in [1.807, 2.05) is 54.6 Å². The summed E-state index contributed by atoms with van der Waals surface area (Å²) in [5.41, 5.74) is 4.14. The third-order valence-corrected chi connectivity index (χ3v) is 6.50. The normalized spacial score (nSPS) is 18.4. The van der Waals surface area contributed by atoms with E-state index in [0.29, 0.717) is 12.0 Å². The van der Waals surface area contributed by atoms with Crippen molar-refractivity contribution in [2.45, 2.75) is 24.6 Å². The highest BCUT2D eigenvalue weighted by Gasteiger charge is 2.50. The van der Waals surface area contributed by atoms with Crippen molar-refractivity contribution in [3.63, 3.8) is 0 Å². The molecule has 0 radical (unpaired) electrons. The van der Waals surface area contributed by atoms with Crippen molar-refractivity contribution in [2.75, 3.05) is 7.05 Å². The Morgan fingerprint density at radius 2 is 1.36 bits per heavy atom. The van der Waals surface area contributed by atoms with Crippen LogP contribution in [0.5, 0.6) is 0 Å². The Balaban J connectivity index is 1.69. The van der Waals surface area contributed by atoms with Gasteiger partial charge in [-0.15, -0.1) is 0 Å². The summed E-state index contributed by atoms with van der Waals surface area (Å²) in [5, 5.41) is 0. The number of esters is 1. The van der Waals surface area contributed by atoms with Gasteiger partial charge in [0, 0.05) is 13.0 Å². The average Bonchev–Trinajstić information content (AvgIpc) is 2.86. The Kier molecular flexibility index (Phi) is 5.80. The zero-order valence-electron chi connectivity index (χ0n) is 18.7. The van der Waals surface area contributed by atoms with E-state index < -0.39 is 5.60 Å². The number of hydrogen-bond donors (Lipinski definition) is 0. The number of carbonyl (C=O) groups excluding carboxylic acids is 1. The van der Waals surface area contributed by atoms with Crippen LogP contribution in [0, 0.1) is 0 Å². The fraction of sp³-hybridized carbons (Fsp3) is 0.167. The molecule has 1 aliphatic heterocycles. The second-order valence-electron chi connectivity index (χ2n) is 8.69. The highest BCUT2D eigenvalue weighted by Crippen LogP contribution is 2.48. The Hall–Kier alpha value is -3.69. The number of carbonyl (C=O) groups is 1. The number of fused-ring (bicyclic) bond motifs is 1. The topological polar surface area (TPSA) is 29.5 Å². The number of rotatable bonds is 6. The largest absolute Gasteiger partial charge is 0.448 e. The molecule has 0 bridgehead atoms. The van der Waals surface area contributed by atoms with Crippen molar-refractivity contribution < 1.29 is 9.53 Å². The van der Waals surface area contributed by atoms with Gasteiger partial charge in [-0.1, -0.05) is 109 Å². The van der Waals surface area contributed by atoms with E-state index in [-0.39, 0.29) is 12.0 Å². The molecule has 3 heteroatoms. The van der Waals surface area contributed by atoms with Gasteiger partial charge in [0.25, 0.3) is 0 Å². The van der Waals surface area contributed by atoms with Gasteiger partial charge in [0.2, 0.25) is 0 Å². The van der Waals surface area contributed by atoms with Crippen molar-refractivity contribution >= 4 is 5.97 Å². The lowest BCUT2D eigenvalue weighted by atomic mass is 9.75. The SMILES string of the molecule is CN(Cc1ccccc1)[C@@H](c1ccccc1)[C@]1(c2ccccc2)Cc2ccccc2C(=O)O1. The monoisotopic (exact) mass is 433 g/mol. The molecule has 0 amide bonds. The highest BCUT2D eigenvalue weighted by atomic mass is 16.6. The van der Waals surface area contributed by atoms with Crippen LogP contribution in [0.15, 0.2) is 115 Å². The van der Waals surface area contributed by atoms with Crippen LogP contribution >= 0.6 is 0 Å². The Morgan fingerprint density at radius 3 is 2.06 bits per heavy atom. The molecule has 2 atom stereocenters. The van der Waals surface area contributed by atoms with Gasteiger partial charge in [0.1, 0.15) is 0 Å². The minimum atomic E-state index is -0.864. The van der Waals surface area contributed by atoms with Crippen molar-refractivity contribution in [1.29, 1.82) is 0 Å². The zero-order chi connectivity index (χ0) is 22.7. The number of ether oxygens (including phenoxy) is 1. The first kappa shape index (κ1) is 21.2. The van der Waals surface area contributed by atoms with Gasteiger partial charge >= 0.3 is 5.97 Å². The molecule has 0 unspecified atom stereocenters. The van der Waals surface area contributed by atoms with Crippen LogP contribution < -0.4 is 0 Å². The lowest BCUT2D eigenvalue weighted by molar-refractivity contribution is -0.0787. The van der Waals surface area contributed by atoms with E-state index >= 15 is 0 Å². The smallest absolute Gasteiger partial charge is 0.339 e. The lowest BCUT2D eigenvalue weighted by Gasteiger charge is -2.47. The molecule has 3 nitrogen and oxygen atoms in total. The zero-order valence-corrected chi connectivity index (χ0v) is 18.7. The van der Waals surface area contributed by atoms with Crippen LogP contribution in [0.4, 0.5) is 0 Å². The molecule has 0 saturated heterocycles. The number of nitrogens with zero attached hydrogens (tertiary/aromatic N) is 1. The van der Waals surface area contributed by atoms with E-state index in [0.717, 1.165) is 23.2 Å². The molecule has 0 fully saturated rings. The van der Waals surface area contributed by atoms with Gasteiger partial charge in [0.05, 0.1) is 11.6 Å². The third-order valence-electron chi connectivity index (χ3n) is 6.50. The molecule has 0 aliphatic carbocycles. The fourth-order valence-electron chi connectivity index (χ4n) is 5.08. The predicted octanol–water partition coefficient (Wildman–Crippen LogP) is 6.17. The highest BCUT2D eigenvalue weighted by molar-refractivity contribution is 5.92. The van der Waals surface area contributed by atoms with Gasteiger partial charge in [-0.3, -0.25) is 4.90 Å². The molecule has 33 heavy (non-hydrogen) atoms. The minimum absolute atomic E-state index is 0.182. The average molecular weight is 434 g/mol. The van der Waals surface area contributed by atoms with Crippen molar-refractivity contribution in [2.24, 2.45) is 0 Å². The van der Waals surface area contributed by atoms with Gasteiger partial charge in [-0.05, 0) is 35.4 Å². The first-order valence-corrected chi connectivity index (χ1v) is 11.3. The van der Waals surface area contributed by atoms with Gasteiger partial charge in [-0.2, -0.15) is 0 Å². The summed E-state index contributed by atoms with van der Waals surface area (Å²) >= 11 is 0. The van der Waals surface area contributed by atoms with Crippen LogP contribution in [-0.2, 0) is 23.3 Å². The minimum Gasteiger partial charge on any atom is -0.448 e. The Labute approximate surface area is 195 Å². The maximum Gasteiger partial charge on any atom is 0.339 e. The quantitative estimate of drug-likeness (QED) is 0.341. The Morgan fingerprint density at radius 1 is 0.788 bits per heavy atom. The van der Waals surface area contributed by atoms with E-state index in [4.69, 9.17) is 4.74 Å². The van der Waals surface area contributed by atoms with E-state index in [1.54, 1.807) is 0 Å². The number of hydrogen-bond acceptors (Lipinski definition) is 3. The van der Waals surface area contributed by atoms with Gasteiger partial charge in [-0.25, -0.2) is 4.79 Å². The summed E-state index contributed by atoms with van der Waals surface area (Å²) in [6, 6.07) is 38.6. The molecule has 4 aromatic carbocycles. The van der Waals surface area contributed by atoms with E-state index in [2.05, 4.69) is 72.6 Å². The van der Waals surface area contributed by atoms with Crippen LogP contribution in [0.2, 0.25) is 0 Å². The number of cyclic esters (lactones) is 1. The number of likely N-dealkylation sites (N-methyl/N-ethyl adjacent to an activating group) is 1.